The summed E-state index contributed by atoms with van der Waals surface area (Å²) in [4.78, 5) is 25.2. The van der Waals surface area contributed by atoms with Gasteiger partial charge in [0.15, 0.2) is 5.69 Å². The van der Waals surface area contributed by atoms with Crippen molar-refractivity contribution in [2.24, 2.45) is 5.84 Å². The van der Waals surface area contributed by atoms with E-state index in [2.05, 4.69) is 20.5 Å². The Kier molecular flexibility index (Phi) is 4.00. The van der Waals surface area contributed by atoms with Crippen LogP contribution in [0, 0.1) is 0 Å². The second-order valence-corrected chi connectivity index (χ2v) is 5.14. The first-order valence-corrected chi connectivity index (χ1v) is 6.39. The number of hydrogen-bond acceptors (Lipinski definition) is 6. The van der Waals surface area contributed by atoms with Gasteiger partial charge in [-0.15, -0.1) is 5.10 Å². The molecule has 9 nitrogen and oxygen atoms in total. The molecule has 0 bridgehead atoms. The summed E-state index contributed by atoms with van der Waals surface area (Å²) in [6.07, 6.45) is 1.53. The molecule has 2 heterocycles. The summed E-state index contributed by atoms with van der Waals surface area (Å²) >= 11 is 0. The van der Waals surface area contributed by atoms with Crippen LogP contribution >= 0.6 is 0 Å². The predicted octanol–water partition coefficient (Wildman–Crippen LogP) is -1.91. The molecule has 2 amide bonds. The minimum absolute atomic E-state index is 0.0190. The van der Waals surface area contributed by atoms with E-state index in [-0.39, 0.29) is 11.6 Å². The Morgan fingerprint density at radius 3 is 3.00 bits per heavy atom. The Morgan fingerprint density at radius 2 is 2.30 bits per heavy atom. The lowest BCUT2D eigenvalue weighted by Gasteiger charge is -2.41. The zero-order valence-electron chi connectivity index (χ0n) is 11.6. The molecule has 2 rings (SSSR count). The highest BCUT2D eigenvalue weighted by molar-refractivity contribution is 5.91. The molecule has 1 saturated heterocycles. The van der Waals surface area contributed by atoms with Gasteiger partial charge in [-0.25, -0.2) is 5.84 Å². The van der Waals surface area contributed by atoms with E-state index in [1.165, 1.54) is 6.20 Å². The molecule has 0 atom stereocenters. The number of carbonyl (C=O) groups excluding carboxylic acids is 2. The molecule has 0 unspecified atom stereocenters. The van der Waals surface area contributed by atoms with Crippen LogP contribution in [0.4, 0.5) is 0 Å². The average molecular weight is 281 g/mol. The fourth-order valence-electron chi connectivity index (χ4n) is 2.14. The Labute approximate surface area is 116 Å². The molecule has 1 aromatic heterocycles. The summed E-state index contributed by atoms with van der Waals surface area (Å²) in [6, 6.07) is 0. The third-order valence-electron chi connectivity index (χ3n) is 3.51. The number of rotatable bonds is 4. The molecule has 110 valence electrons. The lowest BCUT2D eigenvalue weighted by molar-refractivity contribution is -0.135. The van der Waals surface area contributed by atoms with E-state index in [4.69, 9.17) is 5.84 Å². The van der Waals surface area contributed by atoms with Gasteiger partial charge in [0.25, 0.3) is 5.91 Å². The number of amides is 2. The van der Waals surface area contributed by atoms with E-state index in [9.17, 15) is 9.59 Å². The van der Waals surface area contributed by atoms with Gasteiger partial charge in [-0.2, -0.15) is 0 Å². The second-order valence-electron chi connectivity index (χ2n) is 5.14. The first kappa shape index (κ1) is 14.4. The monoisotopic (exact) mass is 281 g/mol. The predicted molar refractivity (Wildman–Crippen MR) is 70.3 cm³/mol. The topological polar surface area (TPSA) is 118 Å². The van der Waals surface area contributed by atoms with Gasteiger partial charge in [-0.1, -0.05) is 5.21 Å². The summed E-state index contributed by atoms with van der Waals surface area (Å²) in [5.41, 5.74) is 1.63. The third-order valence-corrected chi connectivity index (χ3v) is 3.51. The van der Waals surface area contributed by atoms with E-state index in [0.29, 0.717) is 19.6 Å². The summed E-state index contributed by atoms with van der Waals surface area (Å²) < 4.78 is 1.56. The van der Waals surface area contributed by atoms with Gasteiger partial charge in [-0.05, 0) is 13.8 Å². The molecular formula is C11H19N7O2. The van der Waals surface area contributed by atoms with Gasteiger partial charge in [0.05, 0.1) is 18.3 Å². The van der Waals surface area contributed by atoms with Gasteiger partial charge in [0, 0.05) is 19.6 Å². The first-order valence-electron chi connectivity index (χ1n) is 6.39. The highest BCUT2D eigenvalue weighted by Crippen LogP contribution is 2.17. The Bertz CT molecular complexity index is 511. The van der Waals surface area contributed by atoms with Crippen molar-refractivity contribution >= 4 is 11.8 Å². The SMILES string of the molecule is CC1(C)C(=O)NCCN1CCn1cc(C(=O)NN)nn1. The number of carbonyl (C=O) groups is 2. The molecule has 0 spiro atoms. The van der Waals surface area contributed by atoms with E-state index in [0.717, 1.165) is 6.54 Å². The van der Waals surface area contributed by atoms with E-state index < -0.39 is 11.4 Å². The Morgan fingerprint density at radius 1 is 1.55 bits per heavy atom. The molecule has 1 fully saturated rings. The number of piperazine rings is 1. The van der Waals surface area contributed by atoms with Crippen LogP contribution in [0.3, 0.4) is 0 Å². The van der Waals surface area contributed by atoms with E-state index in [1.54, 1.807) is 4.68 Å². The zero-order chi connectivity index (χ0) is 14.8. The molecule has 1 aliphatic rings. The number of nitrogen functional groups attached to an aromatic ring is 1. The highest BCUT2D eigenvalue weighted by atomic mass is 16.2. The molecular weight excluding hydrogens is 262 g/mol. The fraction of sp³-hybridized carbons (Fsp3) is 0.636. The second kappa shape index (κ2) is 5.55. The standard InChI is InChI=1S/C11H19N7O2/c1-11(2)10(20)13-3-4-17(11)5-6-18-7-8(15-16-18)9(19)14-12/h7H,3-6,12H2,1-2H3,(H,13,20)(H,14,19). The first-order chi connectivity index (χ1) is 9.45. The van der Waals surface area contributed by atoms with Crippen molar-refractivity contribution in [1.82, 2.24) is 30.6 Å². The molecule has 1 aliphatic heterocycles. The van der Waals surface area contributed by atoms with Gasteiger partial charge >= 0.3 is 0 Å². The largest absolute Gasteiger partial charge is 0.353 e. The minimum atomic E-state index is -0.545. The molecule has 9 heteroatoms. The lowest BCUT2D eigenvalue weighted by atomic mass is 9.99. The smallest absolute Gasteiger partial charge is 0.287 e. The van der Waals surface area contributed by atoms with Gasteiger partial charge < -0.3 is 5.32 Å². The summed E-state index contributed by atoms with van der Waals surface area (Å²) in [7, 11) is 0. The number of nitrogens with one attached hydrogen (secondary N) is 2. The number of nitrogens with zero attached hydrogens (tertiary/aromatic N) is 4. The van der Waals surface area contributed by atoms with Crippen LogP contribution in [0.1, 0.15) is 24.3 Å². The highest BCUT2D eigenvalue weighted by Gasteiger charge is 2.37. The molecule has 1 aromatic rings. The van der Waals surface area contributed by atoms with Crippen molar-refractivity contribution in [3.8, 4) is 0 Å². The van der Waals surface area contributed by atoms with Crippen molar-refractivity contribution in [2.75, 3.05) is 19.6 Å². The van der Waals surface area contributed by atoms with Gasteiger partial charge in [0.2, 0.25) is 5.91 Å². The van der Waals surface area contributed by atoms with Crippen molar-refractivity contribution in [3.05, 3.63) is 11.9 Å². The van der Waals surface area contributed by atoms with Crippen LogP contribution in [0.15, 0.2) is 6.20 Å². The van der Waals surface area contributed by atoms with Gasteiger partial charge in [0.1, 0.15) is 0 Å². The average Bonchev–Trinajstić information content (AvgIpc) is 2.88. The summed E-state index contributed by atoms with van der Waals surface area (Å²) in [6.45, 7) is 6.38. The maximum Gasteiger partial charge on any atom is 0.287 e. The van der Waals surface area contributed by atoms with Crippen LogP contribution in [0.2, 0.25) is 0 Å². The molecule has 20 heavy (non-hydrogen) atoms. The number of nitrogens with two attached hydrogens (primary N) is 1. The molecule has 0 aromatic carbocycles. The van der Waals surface area contributed by atoms with Crippen molar-refractivity contribution < 1.29 is 9.59 Å². The maximum atomic E-state index is 11.8. The molecule has 0 radical (unpaired) electrons. The van der Waals surface area contributed by atoms with Crippen LogP contribution in [0.5, 0.6) is 0 Å². The van der Waals surface area contributed by atoms with Crippen LogP contribution in [0.25, 0.3) is 0 Å². The number of hydrogen-bond donors (Lipinski definition) is 3. The third kappa shape index (κ3) is 2.78. The van der Waals surface area contributed by atoms with Crippen molar-refractivity contribution in [3.63, 3.8) is 0 Å². The normalized spacial score (nSPS) is 18.6. The summed E-state index contributed by atoms with van der Waals surface area (Å²) in [5.74, 6) is 4.57. The molecule has 4 N–H and O–H groups in total. The minimum Gasteiger partial charge on any atom is -0.353 e. The fourth-order valence-corrected chi connectivity index (χ4v) is 2.14. The number of hydrazine groups is 1. The van der Waals surface area contributed by atoms with Gasteiger partial charge in [-0.3, -0.25) is 24.6 Å². The van der Waals surface area contributed by atoms with E-state index >= 15 is 0 Å². The van der Waals surface area contributed by atoms with Crippen molar-refractivity contribution in [2.45, 2.75) is 25.9 Å². The molecule has 0 saturated carbocycles. The van der Waals surface area contributed by atoms with Crippen molar-refractivity contribution in [1.29, 1.82) is 0 Å². The Hall–Kier alpha value is -2.00. The van der Waals surface area contributed by atoms with E-state index in [1.807, 2.05) is 19.3 Å². The Balaban J connectivity index is 1.96. The number of aromatic nitrogens is 3. The zero-order valence-corrected chi connectivity index (χ0v) is 11.6. The summed E-state index contributed by atoms with van der Waals surface area (Å²) in [5, 5.41) is 10.4. The van der Waals surface area contributed by atoms with Crippen LogP contribution in [-0.4, -0.2) is 56.9 Å². The molecule has 0 aliphatic carbocycles. The van der Waals surface area contributed by atoms with Crippen LogP contribution < -0.4 is 16.6 Å². The lowest BCUT2D eigenvalue weighted by Crippen LogP contribution is -2.62. The quantitative estimate of drug-likeness (QED) is 0.337. The maximum absolute atomic E-state index is 11.8. The van der Waals surface area contributed by atoms with Crippen LogP contribution in [-0.2, 0) is 11.3 Å².